The lowest BCUT2D eigenvalue weighted by Crippen LogP contribution is -2.13. The van der Waals surface area contributed by atoms with Crippen LogP contribution in [0, 0.1) is 6.92 Å². The Kier molecular flexibility index (Phi) is 4.79. The van der Waals surface area contributed by atoms with Gasteiger partial charge in [-0.2, -0.15) is 0 Å². The molecule has 0 unspecified atom stereocenters. The van der Waals surface area contributed by atoms with Crippen molar-refractivity contribution in [3.8, 4) is 11.3 Å². The second kappa shape index (κ2) is 7.13. The van der Waals surface area contributed by atoms with Gasteiger partial charge in [-0.1, -0.05) is 35.3 Å². The van der Waals surface area contributed by atoms with Crippen molar-refractivity contribution in [3.63, 3.8) is 0 Å². The summed E-state index contributed by atoms with van der Waals surface area (Å²) in [6, 6.07) is 15.3. The Labute approximate surface area is 172 Å². The standard InChI is InChI=1S/C20H15Cl2N3O2S/c1-13-7-8-25-12-18(23-20(25)9-13)14-3-2-4-16(10-14)24-28(26,27)19-11-15(21)5-6-17(19)22/h2-12,24H,1H3. The van der Waals surface area contributed by atoms with Crippen LogP contribution in [-0.2, 0) is 10.0 Å². The summed E-state index contributed by atoms with van der Waals surface area (Å²) in [5.74, 6) is 0. The molecule has 0 amide bonds. The minimum atomic E-state index is -3.89. The van der Waals surface area contributed by atoms with Crippen molar-refractivity contribution < 1.29 is 8.42 Å². The Morgan fingerprint density at radius 3 is 2.68 bits per heavy atom. The molecular formula is C20H15Cl2N3O2S. The Balaban J connectivity index is 1.69. The van der Waals surface area contributed by atoms with Crippen molar-refractivity contribution in [3.05, 3.63) is 82.6 Å². The second-order valence-electron chi connectivity index (χ2n) is 6.36. The van der Waals surface area contributed by atoms with Gasteiger partial charge in [0.1, 0.15) is 10.5 Å². The Morgan fingerprint density at radius 2 is 1.86 bits per heavy atom. The second-order valence-corrected chi connectivity index (χ2v) is 8.85. The molecule has 0 saturated heterocycles. The van der Waals surface area contributed by atoms with Crippen LogP contribution >= 0.6 is 23.2 Å². The fraction of sp³-hybridized carbons (Fsp3) is 0.0500. The first-order valence-electron chi connectivity index (χ1n) is 8.35. The molecule has 0 spiro atoms. The number of hydrogen-bond donors (Lipinski definition) is 1. The molecule has 0 aliphatic carbocycles. The smallest absolute Gasteiger partial charge is 0.263 e. The maximum absolute atomic E-state index is 12.7. The van der Waals surface area contributed by atoms with E-state index >= 15 is 0 Å². The highest BCUT2D eigenvalue weighted by Gasteiger charge is 2.19. The highest BCUT2D eigenvalue weighted by molar-refractivity contribution is 7.92. The number of nitrogens with zero attached hydrogens (tertiary/aromatic N) is 2. The van der Waals surface area contributed by atoms with Gasteiger partial charge in [-0.05, 0) is 55.0 Å². The molecule has 1 N–H and O–H groups in total. The molecule has 0 fully saturated rings. The van der Waals surface area contributed by atoms with Crippen LogP contribution in [0.25, 0.3) is 16.9 Å². The summed E-state index contributed by atoms with van der Waals surface area (Å²) >= 11 is 12.0. The minimum Gasteiger partial charge on any atom is -0.306 e. The maximum atomic E-state index is 12.7. The Morgan fingerprint density at radius 1 is 1.04 bits per heavy atom. The average Bonchev–Trinajstić information content (AvgIpc) is 3.06. The predicted molar refractivity (Wildman–Crippen MR) is 113 cm³/mol. The summed E-state index contributed by atoms with van der Waals surface area (Å²) in [4.78, 5) is 4.54. The van der Waals surface area contributed by atoms with Crippen LogP contribution in [0.5, 0.6) is 0 Å². The molecule has 142 valence electrons. The molecular weight excluding hydrogens is 417 g/mol. The van der Waals surface area contributed by atoms with Crippen molar-refractivity contribution in [2.75, 3.05) is 4.72 Å². The lowest BCUT2D eigenvalue weighted by atomic mass is 10.1. The summed E-state index contributed by atoms with van der Waals surface area (Å²) in [6.07, 6.45) is 3.84. The molecule has 28 heavy (non-hydrogen) atoms. The molecule has 0 aliphatic heterocycles. The van der Waals surface area contributed by atoms with E-state index in [-0.39, 0.29) is 9.92 Å². The quantitative estimate of drug-likeness (QED) is 0.469. The zero-order valence-corrected chi connectivity index (χ0v) is 17.1. The summed E-state index contributed by atoms with van der Waals surface area (Å²) in [5, 5.41) is 0.391. The monoisotopic (exact) mass is 431 g/mol. The van der Waals surface area contributed by atoms with Gasteiger partial charge in [-0.25, -0.2) is 13.4 Å². The van der Waals surface area contributed by atoms with E-state index in [1.165, 1.54) is 18.2 Å². The number of halogens is 2. The topological polar surface area (TPSA) is 63.5 Å². The third kappa shape index (κ3) is 3.71. The van der Waals surface area contributed by atoms with Crippen LogP contribution in [0.1, 0.15) is 5.56 Å². The summed E-state index contributed by atoms with van der Waals surface area (Å²) in [6.45, 7) is 2.00. The van der Waals surface area contributed by atoms with Gasteiger partial charge in [0.15, 0.2) is 0 Å². The van der Waals surface area contributed by atoms with Crippen molar-refractivity contribution in [2.24, 2.45) is 0 Å². The van der Waals surface area contributed by atoms with E-state index in [2.05, 4.69) is 9.71 Å². The number of imidazole rings is 1. The lowest BCUT2D eigenvalue weighted by Gasteiger charge is -2.10. The van der Waals surface area contributed by atoms with E-state index in [1.54, 1.807) is 18.2 Å². The molecule has 4 rings (SSSR count). The van der Waals surface area contributed by atoms with Crippen LogP contribution < -0.4 is 4.72 Å². The normalized spacial score (nSPS) is 11.7. The molecule has 0 radical (unpaired) electrons. The van der Waals surface area contributed by atoms with Crippen molar-refractivity contribution in [1.29, 1.82) is 0 Å². The number of anilines is 1. The molecule has 2 aromatic carbocycles. The number of benzene rings is 2. The Hall–Kier alpha value is -2.54. The van der Waals surface area contributed by atoms with Crippen molar-refractivity contribution in [1.82, 2.24) is 9.38 Å². The largest absolute Gasteiger partial charge is 0.306 e. The number of aromatic nitrogens is 2. The molecule has 0 saturated carbocycles. The summed E-state index contributed by atoms with van der Waals surface area (Å²) in [5.41, 5.74) is 3.88. The molecule has 8 heteroatoms. The maximum Gasteiger partial charge on any atom is 0.263 e. The minimum absolute atomic E-state index is 0.0738. The molecule has 0 bridgehead atoms. The third-order valence-electron chi connectivity index (χ3n) is 4.21. The van der Waals surface area contributed by atoms with Gasteiger partial charge >= 0.3 is 0 Å². The molecule has 0 atom stereocenters. The lowest BCUT2D eigenvalue weighted by molar-refractivity contribution is 0.601. The Bertz CT molecular complexity index is 1300. The van der Waals surface area contributed by atoms with Gasteiger partial charge in [-0.15, -0.1) is 0 Å². The number of pyridine rings is 1. The first kappa shape index (κ1) is 18.8. The van der Waals surface area contributed by atoms with E-state index in [9.17, 15) is 8.42 Å². The van der Waals surface area contributed by atoms with Crippen LogP contribution in [0.3, 0.4) is 0 Å². The number of aryl methyl sites for hydroxylation is 1. The van der Waals surface area contributed by atoms with E-state index in [0.717, 1.165) is 22.5 Å². The predicted octanol–water partition coefficient (Wildman–Crippen LogP) is 5.42. The van der Waals surface area contributed by atoms with E-state index in [4.69, 9.17) is 23.2 Å². The third-order valence-corrected chi connectivity index (χ3v) is 6.31. The first-order chi connectivity index (χ1) is 13.3. The zero-order chi connectivity index (χ0) is 19.9. The number of nitrogens with one attached hydrogen (secondary N) is 1. The van der Waals surface area contributed by atoms with Crippen molar-refractivity contribution in [2.45, 2.75) is 11.8 Å². The highest BCUT2D eigenvalue weighted by Crippen LogP contribution is 2.28. The number of hydrogen-bond acceptors (Lipinski definition) is 3. The van der Waals surface area contributed by atoms with Gasteiger partial charge in [0.25, 0.3) is 10.0 Å². The van der Waals surface area contributed by atoms with Gasteiger partial charge in [0.2, 0.25) is 0 Å². The fourth-order valence-corrected chi connectivity index (χ4v) is 4.67. The molecule has 2 aromatic heterocycles. The molecule has 4 aromatic rings. The van der Waals surface area contributed by atoms with Gasteiger partial charge < -0.3 is 4.40 Å². The number of fused-ring (bicyclic) bond motifs is 1. The van der Waals surface area contributed by atoms with E-state index < -0.39 is 10.0 Å². The van der Waals surface area contributed by atoms with Gasteiger partial charge in [-0.3, -0.25) is 4.72 Å². The van der Waals surface area contributed by atoms with Crippen LogP contribution in [0.4, 0.5) is 5.69 Å². The summed E-state index contributed by atoms with van der Waals surface area (Å²) < 4.78 is 29.9. The SMILES string of the molecule is Cc1ccn2cc(-c3cccc(NS(=O)(=O)c4cc(Cl)ccc4Cl)c3)nc2c1. The first-order valence-corrected chi connectivity index (χ1v) is 10.6. The highest BCUT2D eigenvalue weighted by atomic mass is 35.5. The van der Waals surface area contributed by atoms with Gasteiger partial charge in [0.05, 0.1) is 10.7 Å². The van der Waals surface area contributed by atoms with Crippen molar-refractivity contribution >= 4 is 44.6 Å². The number of rotatable bonds is 4. The molecule has 2 heterocycles. The summed E-state index contributed by atoms with van der Waals surface area (Å²) in [7, 11) is -3.89. The molecule has 5 nitrogen and oxygen atoms in total. The van der Waals surface area contributed by atoms with Gasteiger partial charge in [0, 0.05) is 28.7 Å². The van der Waals surface area contributed by atoms with Crippen LogP contribution in [-0.4, -0.2) is 17.8 Å². The van der Waals surface area contributed by atoms with Crippen LogP contribution in [0.2, 0.25) is 10.0 Å². The van der Waals surface area contributed by atoms with Crippen LogP contribution in [0.15, 0.2) is 71.9 Å². The fourth-order valence-electron chi connectivity index (χ4n) is 2.86. The number of sulfonamides is 1. The van der Waals surface area contributed by atoms with E-state index in [0.29, 0.717) is 10.7 Å². The molecule has 0 aliphatic rings. The zero-order valence-electron chi connectivity index (χ0n) is 14.7. The van der Waals surface area contributed by atoms with E-state index in [1.807, 2.05) is 41.9 Å². The average molecular weight is 432 g/mol.